The van der Waals surface area contributed by atoms with Crippen LogP contribution in [0.15, 0.2) is 29.3 Å². The highest BCUT2D eigenvalue weighted by molar-refractivity contribution is 5.79. The van der Waals surface area contributed by atoms with Crippen LogP contribution in [0.25, 0.3) is 0 Å². The molecule has 0 spiro atoms. The lowest BCUT2D eigenvalue weighted by molar-refractivity contribution is 0.0513. The zero-order valence-electron chi connectivity index (χ0n) is 15.9. The summed E-state index contributed by atoms with van der Waals surface area (Å²) in [5, 5.41) is 6.93. The number of nitrogens with zero attached hydrogens (tertiary/aromatic N) is 1. The van der Waals surface area contributed by atoms with Crippen molar-refractivity contribution in [3.63, 3.8) is 0 Å². The standard InChI is InChI=1S/C20H31N3O3/c1-21-19(22-14-18-4-3-11-26-18)23-15-20(9-12-25-13-10-20)16-5-7-17(24-2)8-6-16/h5-8,18H,3-4,9-15H2,1-2H3,(H2,21,22,23). The Kier molecular flexibility index (Phi) is 6.74. The van der Waals surface area contributed by atoms with Gasteiger partial charge in [-0.15, -0.1) is 0 Å². The van der Waals surface area contributed by atoms with Crippen LogP contribution in [0.4, 0.5) is 0 Å². The van der Waals surface area contributed by atoms with Gasteiger partial charge in [0, 0.05) is 45.4 Å². The lowest BCUT2D eigenvalue weighted by Crippen LogP contribution is -2.49. The first-order valence-corrected chi connectivity index (χ1v) is 9.54. The third-order valence-electron chi connectivity index (χ3n) is 5.49. The van der Waals surface area contributed by atoms with Gasteiger partial charge in [0.1, 0.15) is 5.75 Å². The Hall–Kier alpha value is -1.79. The van der Waals surface area contributed by atoms with Gasteiger partial charge in [-0.1, -0.05) is 12.1 Å². The SMILES string of the molecule is CN=C(NCC1CCCO1)NCC1(c2ccc(OC)cc2)CCOCC1. The molecule has 3 rings (SSSR count). The highest BCUT2D eigenvalue weighted by atomic mass is 16.5. The molecule has 0 radical (unpaired) electrons. The molecule has 0 amide bonds. The van der Waals surface area contributed by atoms with Gasteiger partial charge in [-0.3, -0.25) is 4.99 Å². The summed E-state index contributed by atoms with van der Waals surface area (Å²) in [6.45, 7) is 4.08. The van der Waals surface area contributed by atoms with Crippen molar-refractivity contribution in [1.29, 1.82) is 0 Å². The van der Waals surface area contributed by atoms with Crippen LogP contribution in [0.2, 0.25) is 0 Å². The molecule has 6 heteroatoms. The third kappa shape index (κ3) is 4.68. The first-order valence-electron chi connectivity index (χ1n) is 9.54. The van der Waals surface area contributed by atoms with Crippen LogP contribution < -0.4 is 15.4 Å². The second-order valence-electron chi connectivity index (χ2n) is 7.06. The fourth-order valence-corrected chi connectivity index (χ4v) is 3.76. The Morgan fingerprint density at radius 1 is 1.19 bits per heavy atom. The van der Waals surface area contributed by atoms with Gasteiger partial charge in [0.2, 0.25) is 0 Å². The number of hydrogen-bond donors (Lipinski definition) is 2. The lowest BCUT2D eigenvalue weighted by Gasteiger charge is -2.38. The van der Waals surface area contributed by atoms with Crippen molar-refractivity contribution in [2.24, 2.45) is 4.99 Å². The largest absolute Gasteiger partial charge is 0.497 e. The first-order chi connectivity index (χ1) is 12.8. The molecule has 0 saturated carbocycles. The minimum atomic E-state index is 0.0476. The summed E-state index contributed by atoms with van der Waals surface area (Å²) in [6, 6.07) is 8.43. The summed E-state index contributed by atoms with van der Waals surface area (Å²) in [5.41, 5.74) is 1.37. The molecule has 144 valence electrons. The summed E-state index contributed by atoms with van der Waals surface area (Å²) in [4.78, 5) is 4.37. The number of ether oxygens (including phenoxy) is 3. The van der Waals surface area contributed by atoms with Crippen molar-refractivity contribution in [2.45, 2.75) is 37.2 Å². The van der Waals surface area contributed by atoms with E-state index >= 15 is 0 Å². The molecule has 1 unspecified atom stereocenters. The molecule has 1 aromatic carbocycles. The van der Waals surface area contributed by atoms with E-state index in [9.17, 15) is 0 Å². The van der Waals surface area contributed by atoms with Crippen LogP contribution in [-0.4, -0.2) is 59.1 Å². The molecular weight excluding hydrogens is 330 g/mol. The van der Waals surface area contributed by atoms with Gasteiger partial charge in [0.25, 0.3) is 0 Å². The topological polar surface area (TPSA) is 64.1 Å². The van der Waals surface area contributed by atoms with E-state index in [1.54, 1.807) is 7.11 Å². The van der Waals surface area contributed by atoms with Gasteiger partial charge in [-0.25, -0.2) is 0 Å². The summed E-state index contributed by atoms with van der Waals surface area (Å²) >= 11 is 0. The van der Waals surface area contributed by atoms with Crippen molar-refractivity contribution in [1.82, 2.24) is 10.6 Å². The summed E-state index contributed by atoms with van der Waals surface area (Å²) in [7, 11) is 3.51. The maximum Gasteiger partial charge on any atom is 0.191 e. The van der Waals surface area contributed by atoms with E-state index in [1.165, 1.54) is 5.56 Å². The van der Waals surface area contributed by atoms with Gasteiger partial charge < -0.3 is 24.8 Å². The van der Waals surface area contributed by atoms with Gasteiger partial charge in [-0.2, -0.15) is 0 Å². The van der Waals surface area contributed by atoms with E-state index in [4.69, 9.17) is 14.2 Å². The van der Waals surface area contributed by atoms with E-state index in [-0.39, 0.29) is 5.41 Å². The molecule has 2 fully saturated rings. The summed E-state index contributed by atoms with van der Waals surface area (Å²) in [5.74, 6) is 1.72. The minimum Gasteiger partial charge on any atom is -0.497 e. The molecule has 6 nitrogen and oxygen atoms in total. The number of aliphatic imine (C=N–C) groups is 1. The summed E-state index contributed by atoms with van der Waals surface area (Å²) in [6.07, 6.45) is 4.56. The van der Waals surface area contributed by atoms with E-state index in [2.05, 4.69) is 27.8 Å². The van der Waals surface area contributed by atoms with E-state index in [0.717, 1.165) is 70.3 Å². The highest BCUT2D eigenvalue weighted by Gasteiger charge is 2.34. The highest BCUT2D eigenvalue weighted by Crippen LogP contribution is 2.35. The van der Waals surface area contributed by atoms with E-state index in [1.807, 2.05) is 19.2 Å². The van der Waals surface area contributed by atoms with Crippen LogP contribution in [0, 0.1) is 0 Å². The number of nitrogens with one attached hydrogen (secondary N) is 2. The Balaban J connectivity index is 1.63. The molecule has 2 aliphatic heterocycles. The van der Waals surface area contributed by atoms with Crippen molar-refractivity contribution < 1.29 is 14.2 Å². The number of guanidine groups is 1. The molecule has 2 saturated heterocycles. The Labute approximate surface area is 156 Å². The minimum absolute atomic E-state index is 0.0476. The van der Waals surface area contributed by atoms with Crippen molar-refractivity contribution in [2.75, 3.05) is 47.1 Å². The van der Waals surface area contributed by atoms with Crippen molar-refractivity contribution in [3.8, 4) is 5.75 Å². The molecule has 0 aromatic heterocycles. The second kappa shape index (κ2) is 9.24. The molecule has 2 aliphatic rings. The summed E-state index contributed by atoms with van der Waals surface area (Å²) < 4.78 is 16.6. The van der Waals surface area contributed by atoms with Crippen molar-refractivity contribution >= 4 is 5.96 Å². The molecule has 26 heavy (non-hydrogen) atoms. The fourth-order valence-electron chi connectivity index (χ4n) is 3.76. The smallest absolute Gasteiger partial charge is 0.191 e. The molecule has 0 aliphatic carbocycles. The molecule has 2 heterocycles. The first kappa shape index (κ1) is 19.0. The predicted octanol–water partition coefficient (Wildman–Crippen LogP) is 2.09. The van der Waals surface area contributed by atoms with Crippen LogP contribution in [-0.2, 0) is 14.9 Å². The van der Waals surface area contributed by atoms with Gasteiger partial charge in [0.15, 0.2) is 5.96 Å². The van der Waals surface area contributed by atoms with E-state index < -0.39 is 0 Å². The Morgan fingerprint density at radius 3 is 2.58 bits per heavy atom. The molecule has 0 bridgehead atoms. The van der Waals surface area contributed by atoms with Crippen LogP contribution in [0.1, 0.15) is 31.2 Å². The number of rotatable bonds is 6. The van der Waals surface area contributed by atoms with Crippen LogP contribution in [0.3, 0.4) is 0 Å². The predicted molar refractivity (Wildman–Crippen MR) is 103 cm³/mol. The average Bonchev–Trinajstić information content (AvgIpc) is 3.22. The Morgan fingerprint density at radius 2 is 1.96 bits per heavy atom. The average molecular weight is 361 g/mol. The monoisotopic (exact) mass is 361 g/mol. The molecule has 1 atom stereocenters. The molecule has 2 N–H and O–H groups in total. The molecular formula is C20H31N3O3. The normalized spacial score (nSPS) is 22.8. The van der Waals surface area contributed by atoms with Gasteiger partial charge in [-0.05, 0) is 43.4 Å². The Bertz CT molecular complexity index is 576. The maximum absolute atomic E-state index is 5.68. The third-order valence-corrected chi connectivity index (χ3v) is 5.49. The zero-order valence-corrected chi connectivity index (χ0v) is 15.9. The van der Waals surface area contributed by atoms with Gasteiger partial charge in [0.05, 0.1) is 13.2 Å². The van der Waals surface area contributed by atoms with Crippen LogP contribution in [0.5, 0.6) is 5.75 Å². The molecule has 1 aromatic rings. The number of benzene rings is 1. The van der Waals surface area contributed by atoms with Crippen LogP contribution >= 0.6 is 0 Å². The zero-order chi connectivity index (χ0) is 18.2. The fraction of sp³-hybridized carbons (Fsp3) is 0.650. The van der Waals surface area contributed by atoms with Gasteiger partial charge >= 0.3 is 0 Å². The lowest BCUT2D eigenvalue weighted by atomic mass is 9.74. The second-order valence-corrected chi connectivity index (χ2v) is 7.06. The maximum atomic E-state index is 5.68. The quantitative estimate of drug-likeness (QED) is 0.600. The van der Waals surface area contributed by atoms with E-state index in [0.29, 0.717) is 6.10 Å². The number of hydrogen-bond acceptors (Lipinski definition) is 4. The number of methoxy groups -OCH3 is 1. The van der Waals surface area contributed by atoms with Crippen molar-refractivity contribution in [3.05, 3.63) is 29.8 Å².